The highest BCUT2D eigenvalue weighted by Crippen LogP contribution is 2.26. The predicted molar refractivity (Wildman–Crippen MR) is 59.8 cm³/mol. The molecule has 98 valence electrons. The molecule has 0 aliphatic heterocycles. The Morgan fingerprint density at radius 1 is 1.22 bits per heavy atom. The molecule has 1 aromatic carbocycles. The Labute approximate surface area is 102 Å². The summed E-state index contributed by atoms with van der Waals surface area (Å²) in [4.78, 5) is 19.6. The molecule has 0 radical (unpaired) electrons. The van der Waals surface area contributed by atoms with Gasteiger partial charge in [-0.15, -0.1) is 0 Å². The lowest BCUT2D eigenvalue weighted by Gasteiger charge is -2.09. The van der Waals surface area contributed by atoms with Crippen LogP contribution in [0.2, 0.25) is 0 Å². The molecule has 1 rings (SSSR count). The van der Waals surface area contributed by atoms with E-state index in [1.165, 1.54) is 6.07 Å². The lowest BCUT2D eigenvalue weighted by atomic mass is 10.2. The van der Waals surface area contributed by atoms with Crippen molar-refractivity contribution < 1.29 is 18.4 Å². The first-order valence-corrected chi connectivity index (χ1v) is 6.00. The van der Waals surface area contributed by atoms with E-state index < -0.39 is 30.6 Å². The number of nitro groups is 2. The van der Waals surface area contributed by atoms with E-state index in [2.05, 4.69) is 0 Å². The first-order valence-electron chi connectivity index (χ1n) is 4.56. The highest BCUT2D eigenvalue weighted by Gasteiger charge is 2.34. The number of aryl methyl sites for hydroxylation is 1. The second kappa shape index (κ2) is 4.56. The number of nitrogens with zero attached hydrogens (tertiary/aromatic N) is 3. The van der Waals surface area contributed by atoms with Gasteiger partial charge in [-0.05, 0) is 23.0 Å². The van der Waals surface area contributed by atoms with Gasteiger partial charge in [0.15, 0.2) is 9.93 Å². The van der Waals surface area contributed by atoms with Crippen LogP contribution in [0.4, 0.5) is 5.69 Å². The number of hydrazine groups is 1. The molecule has 0 spiro atoms. The number of hydrogen-bond acceptors (Lipinski definition) is 6. The fourth-order valence-corrected chi connectivity index (χ4v) is 2.32. The van der Waals surface area contributed by atoms with Gasteiger partial charge in [-0.1, -0.05) is 6.07 Å². The van der Waals surface area contributed by atoms with Crippen LogP contribution in [0.15, 0.2) is 23.1 Å². The second-order valence-corrected chi connectivity index (χ2v) is 5.32. The predicted octanol–water partition coefficient (Wildman–Crippen LogP) is 0.715. The van der Waals surface area contributed by atoms with E-state index in [1.807, 2.05) is 0 Å². The third-order valence-corrected chi connectivity index (χ3v) is 3.90. The molecule has 0 heterocycles. The average molecular weight is 275 g/mol. The van der Waals surface area contributed by atoms with Gasteiger partial charge in [-0.3, -0.25) is 10.1 Å². The molecule has 0 bridgehead atoms. The molecule has 0 aliphatic rings. The van der Waals surface area contributed by atoms with Crippen molar-refractivity contribution in [3.8, 4) is 0 Å². The van der Waals surface area contributed by atoms with Crippen LogP contribution in [-0.2, 0) is 10.0 Å². The Morgan fingerprint density at radius 2 is 1.78 bits per heavy atom. The van der Waals surface area contributed by atoms with Crippen molar-refractivity contribution in [3.63, 3.8) is 0 Å². The molecular weight excluding hydrogens is 266 g/mol. The van der Waals surface area contributed by atoms with Gasteiger partial charge in [0.1, 0.15) is 0 Å². The third kappa shape index (κ3) is 2.37. The van der Waals surface area contributed by atoms with Crippen molar-refractivity contribution in [2.75, 3.05) is 7.05 Å². The fraction of sp³-hybridized carbons (Fsp3) is 0.250. The second-order valence-electron chi connectivity index (χ2n) is 3.41. The molecule has 18 heavy (non-hydrogen) atoms. The van der Waals surface area contributed by atoms with Crippen LogP contribution in [0.5, 0.6) is 0 Å². The van der Waals surface area contributed by atoms with E-state index >= 15 is 0 Å². The van der Waals surface area contributed by atoms with Gasteiger partial charge in [0, 0.05) is 6.07 Å². The maximum Gasteiger partial charge on any atom is 0.319 e. The summed E-state index contributed by atoms with van der Waals surface area (Å²) >= 11 is 0. The topological polar surface area (TPSA) is 124 Å². The quantitative estimate of drug-likeness (QED) is 0.588. The molecule has 1 aromatic rings. The first-order chi connectivity index (χ1) is 8.17. The lowest BCUT2D eigenvalue weighted by molar-refractivity contribution is -0.613. The SMILES string of the molecule is Cc1ccc(S(=O)(=O)N(C)[N+](=O)[O-])c([N+](=O)[O-])c1. The van der Waals surface area contributed by atoms with Gasteiger partial charge in [0.25, 0.3) is 5.69 Å². The minimum Gasteiger partial charge on any atom is -0.258 e. The molecule has 10 heteroatoms. The summed E-state index contributed by atoms with van der Waals surface area (Å²) < 4.78 is 23.4. The summed E-state index contributed by atoms with van der Waals surface area (Å²) in [5.74, 6) is 0. The van der Waals surface area contributed by atoms with Gasteiger partial charge >= 0.3 is 10.0 Å². The Bertz CT molecular complexity index is 611. The highest BCUT2D eigenvalue weighted by molar-refractivity contribution is 7.89. The standard InChI is InChI=1S/C8H9N3O6S/c1-6-3-4-8(7(5-6)10(12)13)18(16,17)9(2)11(14)15/h3-5H,1-2H3. The van der Waals surface area contributed by atoms with E-state index in [0.717, 1.165) is 12.1 Å². The molecule has 0 aliphatic carbocycles. The largest absolute Gasteiger partial charge is 0.319 e. The smallest absolute Gasteiger partial charge is 0.258 e. The zero-order valence-corrected chi connectivity index (χ0v) is 10.2. The Balaban J connectivity index is 3.51. The summed E-state index contributed by atoms with van der Waals surface area (Å²) in [6, 6.07) is 3.34. The molecule has 0 saturated heterocycles. The number of sulfonamides is 1. The fourth-order valence-electron chi connectivity index (χ4n) is 1.22. The van der Waals surface area contributed by atoms with Crippen molar-refractivity contribution in [1.82, 2.24) is 4.41 Å². The minimum atomic E-state index is -4.54. The molecule has 9 nitrogen and oxygen atoms in total. The molecule has 0 fully saturated rings. The number of hydrogen-bond donors (Lipinski definition) is 0. The number of benzene rings is 1. The van der Waals surface area contributed by atoms with Crippen LogP contribution in [0.1, 0.15) is 5.56 Å². The van der Waals surface area contributed by atoms with Crippen LogP contribution >= 0.6 is 0 Å². The van der Waals surface area contributed by atoms with Crippen molar-refractivity contribution in [2.24, 2.45) is 0 Å². The van der Waals surface area contributed by atoms with Gasteiger partial charge in [0.2, 0.25) is 0 Å². The zero-order chi connectivity index (χ0) is 14.1. The normalized spacial score (nSPS) is 11.0. The molecule has 0 atom stereocenters. The van der Waals surface area contributed by atoms with E-state index in [9.17, 15) is 28.6 Å². The summed E-state index contributed by atoms with van der Waals surface area (Å²) in [5, 5.41) is 20.0. The molecular formula is C8H9N3O6S. The average Bonchev–Trinajstić information content (AvgIpc) is 2.27. The number of rotatable bonds is 4. The third-order valence-electron chi connectivity index (χ3n) is 2.17. The van der Waals surface area contributed by atoms with Crippen molar-refractivity contribution in [2.45, 2.75) is 11.8 Å². The maximum absolute atomic E-state index is 11.8. The monoisotopic (exact) mass is 275 g/mol. The van der Waals surface area contributed by atoms with Crippen LogP contribution in [0, 0.1) is 27.2 Å². The van der Waals surface area contributed by atoms with Crippen molar-refractivity contribution in [3.05, 3.63) is 44.0 Å². The Morgan fingerprint density at radius 3 is 2.22 bits per heavy atom. The molecule has 0 unspecified atom stereocenters. The molecule has 0 amide bonds. The van der Waals surface area contributed by atoms with Crippen molar-refractivity contribution in [1.29, 1.82) is 0 Å². The van der Waals surface area contributed by atoms with Gasteiger partial charge in [-0.2, -0.15) is 8.42 Å². The number of nitro benzene ring substituents is 1. The van der Waals surface area contributed by atoms with Gasteiger partial charge < -0.3 is 0 Å². The lowest BCUT2D eigenvalue weighted by Crippen LogP contribution is -2.32. The summed E-state index contributed by atoms with van der Waals surface area (Å²) in [5.41, 5.74) is -0.215. The van der Waals surface area contributed by atoms with Gasteiger partial charge in [-0.25, -0.2) is 10.1 Å². The van der Waals surface area contributed by atoms with E-state index in [-0.39, 0.29) is 4.41 Å². The highest BCUT2D eigenvalue weighted by atomic mass is 32.2. The minimum absolute atomic E-state index is 0.162. The summed E-state index contributed by atoms with van der Waals surface area (Å²) in [7, 11) is -3.83. The van der Waals surface area contributed by atoms with Crippen molar-refractivity contribution >= 4 is 15.7 Å². The van der Waals surface area contributed by atoms with E-state index in [1.54, 1.807) is 6.92 Å². The molecule has 0 saturated carbocycles. The van der Waals surface area contributed by atoms with E-state index in [0.29, 0.717) is 12.6 Å². The van der Waals surface area contributed by atoms with Crippen LogP contribution in [0.3, 0.4) is 0 Å². The maximum atomic E-state index is 11.8. The Kier molecular flexibility index (Phi) is 3.51. The van der Waals surface area contributed by atoms with Crippen LogP contribution < -0.4 is 0 Å². The summed E-state index contributed by atoms with van der Waals surface area (Å²) in [6.07, 6.45) is 0. The molecule has 0 N–H and O–H groups in total. The Hall–Kier alpha value is -2.23. The summed E-state index contributed by atoms with van der Waals surface area (Å²) in [6.45, 7) is 1.54. The van der Waals surface area contributed by atoms with Gasteiger partial charge in [0.05, 0.1) is 12.0 Å². The van der Waals surface area contributed by atoms with Crippen LogP contribution in [-0.4, -0.2) is 29.8 Å². The first kappa shape index (κ1) is 13.8. The zero-order valence-electron chi connectivity index (χ0n) is 9.43. The van der Waals surface area contributed by atoms with E-state index in [4.69, 9.17) is 0 Å². The van der Waals surface area contributed by atoms with Crippen LogP contribution in [0.25, 0.3) is 0 Å². The molecule has 0 aromatic heterocycles.